The predicted molar refractivity (Wildman–Crippen MR) is 116 cm³/mol. The Bertz CT molecular complexity index is 918. The third-order valence-electron chi connectivity index (χ3n) is 5.17. The molecular formula is C23H28F3N3O3. The molecule has 0 bridgehead atoms. The number of amides is 1. The van der Waals surface area contributed by atoms with Crippen LogP contribution in [0.5, 0.6) is 0 Å². The molecule has 32 heavy (non-hydrogen) atoms. The number of piperidine rings is 1. The molecule has 1 aliphatic heterocycles. The molecular weight excluding hydrogens is 423 g/mol. The second kappa shape index (κ2) is 10.6. The van der Waals surface area contributed by atoms with E-state index in [9.17, 15) is 18.0 Å². The average molecular weight is 451 g/mol. The average Bonchev–Trinajstić information content (AvgIpc) is 2.75. The molecule has 1 heterocycles. The Kier molecular flexibility index (Phi) is 8.40. The first-order valence-electron chi connectivity index (χ1n) is 10.2. The molecule has 174 valence electrons. The maximum absolute atomic E-state index is 12.5. The Morgan fingerprint density at radius 3 is 2.28 bits per heavy atom. The first kappa shape index (κ1) is 25.4. The summed E-state index contributed by atoms with van der Waals surface area (Å²) in [7, 11) is 0. The molecule has 1 unspecified atom stereocenters. The highest BCUT2D eigenvalue weighted by Crippen LogP contribution is 2.22. The van der Waals surface area contributed by atoms with E-state index in [1.165, 1.54) is 0 Å². The fourth-order valence-electron chi connectivity index (χ4n) is 3.21. The van der Waals surface area contributed by atoms with Gasteiger partial charge < -0.3 is 21.5 Å². The molecule has 2 aromatic carbocycles. The highest BCUT2D eigenvalue weighted by molar-refractivity contribution is 5.94. The number of hydrogen-bond donors (Lipinski definition) is 4. The maximum atomic E-state index is 12.5. The minimum atomic E-state index is -5.08. The summed E-state index contributed by atoms with van der Waals surface area (Å²) in [4.78, 5) is 21.4. The van der Waals surface area contributed by atoms with Crippen LogP contribution in [0.4, 0.5) is 13.2 Å². The summed E-state index contributed by atoms with van der Waals surface area (Å²) >= 11 is 0. The lowest BCUT2D eigenvalue weighted by atomic mass is 9.90. The van der Waals surface area contributed by atoms with E-state index in [0.29, 0.717) is 12.1 Å². The van der Waals surface area contributed by atoms with Crippen molar-refractivity contribution in [2.45, 2.75) is 51.0 Å². The number of alkyl halides is 3. The number of carboxylic acids is 1. The van der Waals surface area contributed by atoms with E-state index in [1.54, 1.807) is 0 Å². The van der Waals surface area contributed by atoms with Gasteiger partial charge in [0.2, 0.25) is 0 Å². The minimum Gasteiger partial charge on any atom is -0.475 e. The van der Waals surface area contributed by atoms with Gasteiger partial charge in [-0.15, -0.1) is 0 Å². The number of nitrogens with two attached hydrogens (primary N) is 1. The quantitative estimate of drug-likeness (QED) is 0.567. The van der Waals surface area contributed by atoms with Gasteiger partial charge in [0.25, 0.3) is 5.91 Å². The van der Waals surface area contributed by atoms with Crippen molar-refractivity contribution in [2.75, 3.05) is 6.54 Å². The van der Waals surface area contributed by atoms with Crippen molar-refractivity contribution in [3.05, 3.63) is 59.7 Å². The fraction of sp³-hybridized carbons (Fsp3) is 0.391. The number of carboxylic acid groups (broad SMARTS) is 1. The number of aliphatic carboxylic acids is 1. The Hall–Kier alpha value is -2.91. The molecule has 1 fully saturated rings. The van der Waals surface area contributed by atoms with Gasteiger partial charge in [0.15, 0.2) is 0 Å². The third-order valence-corrected chi connectivity index (χ3v) is 5.17. The van der Waals surface area contributed by atoms with E-state index >= 15 is 0 Å². The van der Waals surface area contributed by atoms with Crippen LogP contribution in [0.3, 0.4) is 0 Å². The standard InChI is InChI=1S/C21H27N3O.C2HF3O2/c1-21(2)11-10-19(14-23-21)24-20(25)17-8-6-16(7-9-17)18-5-3-4-15(12-18)13-22;3-2(4,5)1(6)7/h3-9,12,19,23H,10-11,13-14,22H2,1-2H3,(H,24,25);(H,6,7). The van der Waals surface area contributed by atoms with Crippen LogP contribution >= 0.6 is 0 Å². The van der Waals surface area contributed by atoms with E-state index in [-0.39, 0.29) is 17.5 Å². The van der Waals surface area contributed by atoms with Gasteiger partial charge in [0.05, 0.1) is 0 Å². The molecule has 0 saturated carbocycles. The van der Waals surface area contributed by atoms with Crippen molar-refractivity contribution in [3.8, 4) is 11.1 Å². The first-order chi connectivity index (χ1) is 14.9. The van der Waals surface area contributed by atoms with Crippen LogP contribution in [0, 0.1) is 0 Å². The summed E-state index contributed by atoms with van der Waals surface area (Å²) in [6.45, 7) is 5.75. The summed E-state index contributed by atoms with van der Waals surface area (Å²) in [5.41, 5.74) is 9.89. The van der Waals surface area contributed by atoms with Gasteiger partial charge in [-0.25, -0.2) is 4.79 Å². The van der Waals surface area contributed by atoms with Crippen LogP contribution in [0.15, 0.2) is 48.5 Å². The highest BCUT2D eigenvalue weighted by atomic mass is 19.4. The molecule has 1 saturated heterocycles. The Balaban J connectivity index is 0.000000451. The van der Waals surface area contributed by atoms with Gasteiger partial charge in [0, 0.05) is 30.2 Å². The van der Waals surface area contributed by atoms with Crippen LogP contribution in [0.25, 0.3) is 11.1 Å². The molecule has 6 nitrogen and oxygen atoms in total. The van der Waals surface area contributed by atoms with E-state index in [4.69, 9.17) is 15.6 Å². The number of carbonyl (C=O) groups excluding carboxylic acids is 1. The minimum absolute atomic E-state index is 0.00577. The third kappa shape index (κ3) is 7.65. The van der Waals surface area contributed by atoms with Crippen LogP contribution in [-0.2, 0) is 11.3 Å². The molecule has 1 atom stereocenters. The molecule has 1 amide bonds. The van der Waals surface area contributed by atoms with Crippen LogP contribution in [0.1, 0.15) is 42.6 Å². The van der Waals surface area contributed by atoms with Crippen LogP contribution in [0.2, 0.25) is 0 Å². The molecule has 2 aromatic rings. The van der Waals surface area contributed by atoms with Gasteiger partial charge in [-0.2, -0.15) is 13.2 Å². The fourth-order valence-corrected chi connectivity index (χ4v) is 3.21. The van der Waals surface area contributed by atoms with Gasteiger partial charge in [-0.05, 0) is 61.6 Å². The SMILES string of the molecule is CC1(C)CCC(NC(=O)c2ccc(-c3cccc(CN)c3)cc2)CN1.O=C(O)C(F)(F)F. The molecule has 9 heteroatoms. The van der Waals surface area contributed by atoms with Crippen molar-refractivity contribution in [2.24, 2.45) is 5.73 Å². The van der Waals surface area contributed by atoms with Crippen LogP contribution in [-0.4, -0.2) is 41.3 Å². The van der Waals surface area contributed by atoms with Crippen molar-refractivity contribution in [3.63, 3.8) is 0 Å². The number of halogens is 3. The van der Waals surface area contributed by atoms with Crippen LogP contribution < -0.4 is 16.4 Å². The summed E-state index contributed by atoms with van der Waals surface area (Å²) in [5, 5.41) is 13.7. The second-order valence-corrected chi connectivity index (χ2v) is 8.26. The molecule has 0 aromatic heterocycles. The molecule has 1 aliphatic rings. The Morgan fingerprint density at radius 1 is 1.16 bits per heavy atom. The lowest BCUT2D eigenvalue weighted by Gasteiger charge is -2.36. The Labute approximate surface area is 185 Å². The maximum Gasteiger partial charge on any atom is 0.490 e. The number of rotatable bonds is 4. The topological polar surface area (TPSA) is 104 Å². The predicted octanol–water partition coefficient (Wildman–Crippen LogP) is 3.71. The summed E-state index contributed by atoms with van der Waals surface area (Å²) in [5.74, 6) is -2.76. The smallest absolute Gasteiger partial charge is 0.475 e. The second-order valence-electron chi connectivity index (χ2n) is 8.26. The summed E-state index contributed by atoms with van der Waals surface area (Å²) < 4.78 is 31.7. The first-order valence-corrected chi connectivity index (χ1v) is 10.2. The molecule has 3 rings (SSSR count). The van der Waals surface area contributed by atoms with Crippen molar-refractivity contribution in [1.82, 2.24) is 10.6 Å². The zero-order valence-electron chi connectivity index (χ0n) is 18.0. The number of carbonyl (C=O) groups is 2. The zero-order valence-corrected chi connectivity index (χ0v) is 18.0. The molecule has 0 aliphatic carbocycles. The Morgan fingerprint density at radius 2 is 1.78 bits per heavy atom. The number of benzene rings is 2. The van der Waals surface area contributed by atoms with Gasteiger partial charge in [0.1, 0.15) is 0 Å². The van der Waals surface area contributed by atoms with E-state index < -0.39 is 12.1 Å². The molecule has 0 spiro atoms. The van der Waals surface area contributed by atoms with E-state index in [0.717, 1.165) is 36.1 Å². The molecule has 0 radical (unpaired) electrons. The van der Waals surface area contributed by atoms with E-state index in [2.05, 4.69) is 36.6 Å². The van der Waals surface area contributed by atoms with Gasteiger partial charge in [-0.3, -0.25) is 4.79 Å². The number of hydrogen-bond acceptors (Lipinski definition) is 4. The van der Waals surface area contributed by atoms with E-state index in [1.807, 2.05) is 36.4 Å². The van der Waals surface area contributed by atoms with Crippen molar-refractivity contribution >= 4 is 11.9 Å². The molecule has 5 N–H and O–H groups in total. The lowest BCUT2D eigenvalue weighted by molar-refractivity contribution is -0.192. The largest absolute Gasteiger partial charge is 0.490 e. The lowest BCUT2D eigenvalue weighted by Crippen LogP contribution is -2.53. The normalized spacial score (nSPS) is 17.6. The van der Waals surface area contributed by atoms with Crippen molar-refractivity contribution < 1.29 is 27.9 Å². The van der Waals surface area contributed by atoms with Gasteiger partial charge in [-0.1, -0.05) is 30.3 Å². The monoisotopic (exact) mass is 451 g/mol. The van der Waals surface area contributed by atoms with Gasteiger partial charge >= 0.3 is 12.1 Å². The van der Waals surface area contributed by atoms with Crippen molar-refractivity contribution in [1.29, 1.82) is 0 Å². The summed E-state index contributed by atoms with van der Waals surface area (Å²) in [6, 6.07) is 16.1. The summed E-state index contributed by atoms with van der Waals surface area (Å²) in [6.07, 6.45) is -3.01. The highest BCUT2D eigenvalue weighted by Gasteiger charge is 2.38. The number of nitrogens with one attached hydrogen (secondary N) is 2. The zero-order chi connectivity index (χ0) is 23.9.